The lowest BCUT2D eigenvalue weighted by atomic mass is 10.2. The van der Waals surface area contributed by atoms with Gasteiger partial charge in [0.05, 0.1) is 6.54 Å². The number of nitrogens with one attached hydrogen (secondary N) is 2. The Morgan fingerprint density at radius 1 is 1.45 bits per heavy atom. The zero-order valence-electron chi connectivity index (χ0n) is 13.1. The molecular weight excluding hydrogens is 318 g/mol. The van der Waals surface area contributed by atoms with Crippen molar-refractivity contribution in [3.05, 3.63) is 29.3 Å². The average Bonchev–Trinajstić information content (AvgIpc) is 2.98. The molecule has 2 N–H and O–H groups in total. The third-order valence-electron chi connectivity index (χ3n) is 3.74. The van der Waals surface area contributed by atoms with Gasteiger partial charge in [0.25, 0.3) is 0 Å². The number of nitrogens with zero attached hydrogens (tertiary/aromatic N) is 1. The molecule has 122 valence electrons. The molecule has 0 radical (unpaired) electrons. The van der Waals surface area contributed by atoms with Crippen molar-refractivity contribution in [1.82, 2.24) is 10.6 Å². The van der Waals surface area contributed by atoms with Crippen LogP contribution >= 0.6 is 23.4 Å². The van der Waals surface area contributed by atoms with Gasteiger partial charge < -0.3 is 15.4 Å². The maximum atomic E-state index is 5.92. The van der Waals surface area contributed by atoms with Gasteiger partial charge in [-0.2, -0.15) is 11.8 Å². The van der Waals surface area contributed by atoms with Crippen molar-refractivity contribution in [2.24, 2.45) is 4.99 Å². The molecule has 4 nitrogen and oxygen atoms in total. The smallest absolute Gasteiger partial charge is 0.191 e. The molecule has 1 aromatic carbocycles. The van der Waals surface area contributed by atoms with E-state index < -0.39 is 0 Å². The number of benzene rings is 1. The zero-order chi connectivity index (χ0) is 15.8. The largest absolute Gasteiger partial charge is 0.492 e. The van der Waals surface area contributed by atoms with Crippen molar-refractivity contribution in [1.29, 1.82) is 0 Å². The monoisotopic (exact) mass is 341 g/mol. The topological polar surface area (TPSA) is 45.7 Å². The quantitative estimate of drug-likeness (QED) is 0.474. The minimum Gasteiger partial charge on any atom is -0.492 e. The Kier molecular flexibility index (Phi) is 7.19. The summed E-state index contributed by atoms with van der Waals surface area (Å²) < 4.78 is 5.65. The summed E-state index contributed by atoms with van der Waals surface area (Å²) in [4.78, 5) is 4.27. The fourth-order valence-electron chi connectivity index (χ4n) is 2.57. The van der Waals surface area contributed by atoms with Crippen molar-refractivity contribution >= 4 is 29.3 Å². The van der Waals surface area contributed by atoms with Gasteiger partial charge in [-0.1, -0.05) is 17.7 Å². The molecule has 22 heavy (non-hydrogen) atoms. The summed E-state index contributed by atoms with van der Waals surface area (Å²) >= 11 is 7.88. The lowest BCUT2D eigenvalue weighted by molar-refractivity contribution is 0.321. The molecule has 2 atom stereocenters. The molecule has 1 fully saturated rings. The number of aliphatic imine (C=N–C) groups is 1. The Labute approximate surface area is 142 Å². The van der Waals surface area contributed by atoms with Crippen LogP contribution in [0.5, 0.6) is 5.75 Å². The third kappa shape index (κ3) is 5.61. The molecule has 0 amide bonds. The highest BCUT2D eigenvalue weighted by Gasteiger charge is 2.24. The van der Waals surface area contributed by atoms with Crippen molar-refractivity contribution in [2.75, 3.05) is 26.5 Å². The Bertz CT molecular complexity index is 498. The summed E-state index contributed by atoms with van der Waals surface area (Å²) in [6, 6.07) is 7.96. The predicted molar refractivity (Wildman–Crippen MR) is 96.4 cm³/mol. The van der Waals surface area contributed by atoms with Crippen LogP contribution in [0.25, 0.3) is 0 Å². The van der Waals surface area contributed by atoms with Gasteiger partial charge in [0.15, 0.2) is 5.96 Å². The van der Waals surface area contributed by atoms with Crippen LogP contribution < -0.4 is 15.4 Å². The number of hydrogen-bond acceptors (Lipinski definition) is 3. The number of hydrogen-bond donors (Lipinski definition) is 2. The van der Waals surface area contributed by atoms with Crippen molar-refractivity contribution in [2.45, 2.75) is 30.6 Å². The van der Waals surface area contributed by atoms with E-state index in [1.807, 2.05) is 36.0 Å². The van der Waals surface area contributed by atoms with E-state index in [4.69, 9.17) is 16.3 Å². The Balaban J connectivity index is 1.66. The standard InChI is InChI=1S/C16H24ClN3OS/c1-18-16(20-13-6-7-15(11-13)22-2)19-8-9-21-14-5-3-4-12(17)10-14/h3-5,10,13,15H,6-9,11H2,1-2H3,(H2,18,19,20). The molecule has 0 spiro atoms. The van der Waals surface area contributed by atoms with E-state index in [-0.39, 0.29) is 0 Å². The van der Waals surface area contributed by atoms with Crippen LogP contribution in [0.1, 0.15) is 19.3 Å². The molecule has 6 heteroatoms. The van der Waals surface area contributed by atoms with E-state index in [1.165, 1.54) is 19.3 Å². The minimum atomic E-state index is 0.525. The van der Waals surface area contributed by atoms with Crippen LogP contribution in [-0.2, 0) is 0 Å². The molecule has 0 aliphatic heterocycles. The van der Waals surface area contributed by atoms with E-state index >= 15 is 0 Å². The number of ether oxygens (including phenoxy) is 1. The lowest BCUT2D eigenvalue weighted by Gasteiger charge is -2.17. The van der Waals surface area contributed by atoms with Crippen LogP contribution in [0, 0.1) is 0 Å². The van der Waals surface area contributed by atoms with Crippen molar-refractivity contribution < 1.29 is 4.74 Å². The van der Waals surface area contributed by atoms with E-state index in [2.05, 4.69) is 21.9 Å². The number of rotatable bonds is 6. The first-order valence-corrected chi connectivity index (χ1v) is 9.26. The lowest BCUT2D eigenvalue weighted by Crippen LogP contribution is -2.43. The molecule has 2 unspecified atom stereocenters. The third-order valence-corrected chi connectivity index (χ3v) is 5.07. The summed E-state index contributed by atoms with van der Waals surface area (Å²) in [7, 11) is 1.80. The van der Waals surface area contributed by atoms with Gasteiger partial charge in [-0.3, -0.25) is 4.99 Å². The van der Waals surface area contributed by atoms with Gasteiger partial charge in [-0.15, -0.1) is 0 Å². The molecule has 0 heterocycles. The van der Waals surface area contributed by atoms with Crippen molar-refractivity contribution in [3.8, 4) is 5.75 Å². The highest BCUT2D eigenvalue weighted by Crippen LogP contribution is 2.27. The van der Waals surface area contributed by atoms with Gasteiger partial charge in [0.2, 0.25) is 0 Å². The van der Waals surface area contributed by atoms with Gasteiger partial charge >= 0.3 is 0 Å². The fourth-order valence-corrected chi connectivity index (χ4v) is 3.55. The molecule has 0 aromatic heterocycles. The second-order valence-electron chi connectivity index (χ2n) is 5.32. The molecule has 0 saturated heterocycles. The molecule has 2 rings (SSSR count). The summed E-state index contributed by atoms with van der Waals surface area (Å²) in [5.41, 5.74) is 0. The number of thioether (sulfide) groups is 1. The first kappa shape index (κ1) is 17.3. The van der Waals surface area contributed by atoms with Crippen LogP contribution in [-0.4, -0.2) is 43.7 Å². The van der Waals surface area contributed by atoms with E-state index in [9.17, 15) is 0 Å². The second-order valence-corrected chi connectivity index (χ2v) is 6.89. The number of guanidine groups is 1. The molecule has 1 aliphatic rings. The summed E-state index contributed by atoms with van der Waals surface area (Å²) in [6.45, 7) is 1.27. The molecule has 1 aromatic rings. The highest BCUT2D eigenvalue weighted by molar-refractivity contribution is 7.99. The Morgan fingerprint density at radius 2 is 2.32 bits per heavy atom. The maximum absolute atomic E-state index is 5.92. The van der Waals surface area contributed by atoms with Gasteiger partial charge in [0.1, 0.15) is 12.4 Å². The van der Waals surface area contributed by atoms with Gasteiger partial charge in [0, 0.05) is 23.4 Å². The summed E-state index contributed by atoms with van der Waals surface area (Å²) in [5.74, 6) is 1.64. The highest BCUT2D eigenvalue weighted by atomic mass is 35.5. The predicted octanol–water partition coefficient (Wildman–Crippen LogP) is 3.17. The molecule has 1 saturated carbocycles. The normalized spacial score (nSPS) is 21.7. The maximum Gasteiger partial charge on any atom is 0.191 e. The SMILES string of the molecule is CN=C(NCCOc1cccc(Cl)c1)NC1CCC(SC)C1. The first-order chi connectivity index (χ1) is 10.7. The van der Waals surface area contributed by atoms with Crippen LogP contribution in [0.3, 0.4) is 0 Å². The Hall–Kier alpha value is -1.07. The molecule has 1 aliphatic carbocycles. The number of halogens is 1. The first-order valence-electron chi connectivity index (χ1n) is 7.59. The van der Waals surface area contributed by atoms with E-state index in [1.54, 1.807) is 7.05 Å². The fraction of sp³-hybridized carbons (Fsp3) is 0.562. The zero-order valence-corrected chi connectivity index (χ0v) is 14.7. The van der Waals surface area contributed by atoms with E-state index in [0.29, 0.717) is 24.2 Å². The summed E-state index contributed by atoms with van der Waals surface area (Å²) in [6.07, 6.45) is 5.90. The van der Waals surface area contributed by atoms with Crippen LogP contribution in [0.4, 0.5) is 0 Å². The van der Waals surface area contributed by atoms with E-state index in [0.717, 1.165) is 17.0 Å². The molecular formula is C16H24ClN3OS. The minimum absolute atomic E-state index is 0.525. The van der Waals surface area contributed by atoms with Gasteiger partial charge in [-0.05, 0) is 43.7 Å². The average molecular weight is 342 g/mol. The Morgan fingerprint density at radius 3 is 3.00 bits per heavy atom. The molecule has 0 bridgehead atoms. The van der Waals surface area contributed by atoms with Crippen LogP contribution in [0.15, 0.2) is 29.3 Å². The summed E-state index contributed by atoms with van der Waals surface area (Å²) in [5, 5.41) is 8.24. The van der Waals surface area contributed by atoms with Crippen LogP contribution in [0.2, 0.25) is 5.02 Å². The van der Waals surface area contributed by atoms with Gasteiger partial charge in [-0.25, -0.2) is 0 Å². The second kappa shape index (κ2) is 9.16. The van der Waals surface area contributed by atoms with Crippen molar-refractivity contribution in [3.63, 3.8) is 0 Å².